The Bertz CT molecular complexity index is 1640. The molecule has 10 heteroatoms. The molecule has 0 aromatic rings. The monoisotopic (exact) mass is 1180 g/mol. The zero-order valence-corrected chi connectivity index (χ0v) is 55.1. The van der Waals surface area contributed by atoms with Crippen molar-refractivity contribution in [1.82, 2.24) is 0 Å². The molecule has 0 radical (unpaired) electrons. The first kappa shape index (κ1) is 80.2. The molecule has 2 atom stereocenters. The number of unbranched alkanes of at least 4 members (excludes halogenated alkanes) is 39. The highest BCUT2D eigenvalue weighted by Crippen LogP contribution is 2.43. The third-order valence-electron chi connectivity index (χ3n) is 15.3. The SMILES string of the molecule is CC/C=C\C/C=C\C/C=C\C/C=C\C/C=C\CCCCCCCCCCCCCCCCCCCCCCCCCC(=O)OC(COC(=O)CCCCCCCCCCCCC/C=C\C/C=C\CCCCCCC)COP(=O)(O)OCCN. The van der Waals surface area contributed by atoms with E-state index in [0.717, 1.165) is 70.6 Å². The van der Waals surface area contributed by atoms with Gasteiger partial charge < -0.3 is 20.1 Å². The van der Waals surface area contributed by atoms with Crippen molar-refractivity contribution in [2.75, 3.05) is 26.4 Å². The lowest BCUT2D eigenvalue weighted by Gasteiger charge is -2.19. The van der Waals surface area contributed by atoms with Crippen molar-refractivity contribution in [3.63, 3.8) is 0 Å². The summed E-state index contributed by atoms with van der Waals surface area (Å²) in [7, 11) is -4.39. The van der Waals surface area contributed by atoms with E-state index in [4.69, 9.17) is 24.3 Å². The van der Waals surface area contributed by atoms with Gasteiger partial charge in [0.25, 0.3) is 0 Å². The van der Waals surface area contributed by atoms with E-state index < -0.39 is 26.5 Å². The van der Waals surface area contributed by atoms with Gasteiger partial charge >= 0.3 is 19.8 Å². The van der Waals surface area contributed by atoms with Crippen LogP contribution in [0.4, 0.5) is 0 Å². The first-order chi connectivity index (χ1) is 40.8. The van der Waals surface area contributed by atoms with Crippen LogP contribution < -0.4 is 5.73 Å². The molecule has 0 aromatic heterocycles. The number of esters is 2. The van der Waals surface area contributed by atoms with Crippen molar-refractivity contribution in [3.05, 3.63) is 85.1 Å². The normalized spacial score (nSPS) is 13.4. The van der Waals surface area contributed by atoms with Crippen LogP contribution in [0.3, 0.4) is 0 Å². The topological polar surface area (TPSA) is 134 Å². The second kappa shape index (κ2) is 68.3. The van der Waals surface area contributed by atoms with E-state index in [-0.39, 0.29) is 38.6 Å². The minimum absolute atomic E-state index is 0.0529. The summed E-state index contributed by atoms with van der Waals surface area (Å²) in [6.07, 6.45) is 91.1. The van der Waals surface area contributed by atoms with Crippen LogP contribution in [0.15, 0.2) is 85.1 Å². The van der Waals surface area contributed by atoms with Crippen LogP contribution in [0.5, 0.6) is 0 Å². The van der Waals surface area contributed by atoms with Gasteiger partial charge in [0.2, 0.25) is 0 Å². The van der Waals surface area contributed by atoms with Crippen LogP contribution in [-0.4, -0.2) is 49.3 Å². The van der Waals surface area contributed by atoms with E-state index in [1.165, 1.54) is 231 Å². The molecule has 0 saturated heterocycles. The summed E-state index contributed by atoms with van der Waals surface area (Å²) in [5.74, 6) is -0.816. The Morgan fingerprint density at radius 1 is 0.373 bits per heavy atom. The molecule has 0 saturated carbocycles. The smallest absolute Gasteiger partial charge is 0.462 e. The summed E-state index contributed by atoms with van der Waals surface area (Å²) < 4.78 is 33.2. The largest absolute Gasteiger partial charge is 0.472 e. The van der Waals surface area contributed by atoms with Crippen molar-refractivity contribution >= 4 is 19.8 Å². The van der Waals surface area contributed by atoms with E-state index in [9.17, 15) is 19.0 Å². The molecule has 0 fully saturated rings. The van der Waals surface area contributed by atoms with Gasteiger partial charge in [-0.1, -0.05) is 317 Å². The average molecular weight is 1180 g/mol. The zero-order valence-electron chi connectivity index (χ0n) is 54.2. The maximum atomic E-state index is 12.8. The molecule has 0 aromatic carbocycles. The number of carbonyl (C=O) groups excluding carboxylic acids is 2. The zero-order chi connectivity index (χ0) is 60.1. The van der Waals surface area contributed by atoms with E-state index in [1.54, 1.807) is 0 Å². The molecule has 9 nitrogen and oxygen atoms in total. The molecule has 0 aliphatic carbocycles. The standard InChI is InChI=1S/C73H132NO8P/c1-3-5-7-9-11-13-15-17-19-21-23-25-27-28-29-30-31-32-33-34-35-36-37-38-39-40-41-42-44-46-48-50-52-54-56-58-60-62-64-66-73(76)82-71(70-81-83(77,78)80-68-67-74)69-79-72(75)65-63-61-59-57-55-53-51-49-47-45-43-26-24-22-20-18-16-14-12-10-8-6-4-2/h5,7,11,13,16-19,22-25,28-29,71H,3-4,6,8-10,12,14-15,20-21,26-27,30-70,74H2,1-2H3,(H,77,78)/b7-5-,13-11-,18-16-,19-17-,24-22-,25-23-,29-28-. The van der Waals surface area contributed by atoms with E-state index in [1.807, 2.05) is 0 Å². The fourth-order valence-corrected chi connectivity index (χ4v) is 10.9. The highest BCUT2D eigenvalue weighted by Gasteiger charge is 2.26. The van der Waals surface area contributed by atoms with Gasteiger partial charge in [0.15, 0.2) is 6.10 Å². The summed E-state index contributed by atoms with van der Waals surface area (Å²) in [4.78, 5) is 35.3. The fraction of sp³-hybridized carbons (Fsp3) is 0.781. The summed E-state index contributed by atoms with van der Waals surface area (Å²) in [6, 6.07) is 0. The molecule has 3 N–H and O–H groups in total. The Labute approximate surface area is 513 Å². The Morgan fingerprint density at radius 2 is 0.663 bits per heavy atom. The highest BCUT2D eigenvalue weighted by molar-refractivity contribution is 7.47. The second-order valence-corrected chi connectivity index (χ2v) is 24.8. The number of phosphoric acid groups is 1. The van der Waals surface area contributed by atoms with Gasteiger partial charge in [-0.2, -0.15) is 0 Å². The molecular weight excluding hydrogens is 1050 g/mol. The molecule has 83 heavy (non-hydrogen) atoms. The summed E-state index contributed by atoms with van der Waals surface area (Å²) >= 11 is 0. The van der Waals surface area contributed by atoms with Crippen LogP contribution in [0, 0.1) is 0 Å². The third kappa shape index (κ3) is 68.2. The number of hydrogen-bond acceptors (Lipinski definition) is 8. The number of rotatable bonds is 66. The highest BCUT2D eigenvalue weighted by atomic mass is 31.2. The quantitative estimate of drug-likeness (QED) is 0.0264. The van der Waals surface area contributed by atoms with Crippen LogP contribution in [0.25, 0.3) is 0 Å². The Hall–Kier alpha value is -2.81. The minimum Gasteiger partial charge on any atom is -0.462 e. The second-order valence-electron chi connectivity index (χ2n) is 23.4. The van der Waals surface area contributed by atoms with Gasteiger partial charge in [-0.3, -0.25) is 18.6 Å². The summed E-state index contributed by atoms with van der Waals surface area (Å²) in [6.45, 7) is 3.66. The maximum absolute atomic E-state index is 12.8. The molecule has 0 aliphatic rings. The molecule has 0 amide bonds. The summed E-state index contributed by atoms with van der Waals surface area (Å²) in [5.41, 5.74) is 5.40. The third-order valence-corrected chi connectivity index (χ3v) is 16.2. The average Bonchev–Trinajstić information content (AvgIpc) is 3.48. The van der Waals surface area contributed by atoms with E-state index in [2.05, 4.69) is 98.9 Å². The lowest BCUT2D eigenvalue weighted by molar-refractivity contribution is -0.161. The van der Waals surface area contributed by atoms with E-state index in [0.29, 0.717) is 6.42 Å². The van der Waals surface area contributed by atoms with Gasteiger partial charge in [0.1, 0.15) is 6.61 Å². The Kier molecular flexibility index (Phi) is 66.0. The number of ether oxygens (including phenoxy) is 2. The lowest BCUT2D eigenvalue weighted by atomic mass is 10.0. The number of allylic oxidation sites excluding steroid dienone is 14. The molecule has 0 bridgehead atoms. The van der Waals surface area contributed by atoms with Gasteiger partial charge in [0, 0.05) is 19.4 Å². The van der Waals surface area contributed by atoms with Gasteiger partial charge in [0.05, 0.1) is 13.2 Å². The molecule has 0 aliphatic heterocycles. The Balaban J connectivity index is 3.81. The minimum atomic E-state index is -4.39. The molecule has 2 unspecified atom stereocenters. The van der Waals surface area contributed by atoms with Crippen LogP contribution in [-0.2, 0) is 32.7 Å². The fourth-order valence-electron chi connectivity index (χ4n) is 10.1. The van der Waals surface area contributed by atoms with Crippen molar-refractivity contribution in [2.45, 2.75) is 341 Å². The first-order valence-corrected chi connectivity index (χ1v) is 36.6. The van der Waals surface area contributed by atoms with Crippen molar-refractivity contribution in [2.24, 2.45) is 5.73 Å². The number of nitrogens with two attached hydrogens (primary N) is 1. The molecule has 482 valence electrons. The van der Waals surface area contributed by atoms with Crippen LogP contribution in [0.1, 0.15) is 335 Å². The van der Waals surface area contributed by atoms with Gasteiger partial charge in [-0.15, -0.1) is 0 Å². The predicted molar refractivity (Wildman–Crippen MR) is 358 cm³/mol. The van der Waals surface area contributed by atoms with Crippen LogP contribution >= 0.6 is 7.82 Å². The summed E-state index contributed by atoms with van der Waals surface area (Å²) in [5, 5.41) is 0. The molecule has 0 spiro atoms. The van der Waals surface area contributed by atoms with Crippen LogP contribution in [0.2, 0.25) is 0 Å². The number of phosphoric ester groups is 1. The van der Waals surface area contributed by atoms with Crippen molar-refractivity contribution in [1.29, 1.82) is 0 Å². The maximum Gasteiger partial charge on any atom is 0.472 e. The van der Waals surface area contributed by atoms with E-state index >= 15 is 0 Å². The molecule has 0 heterocycles. The molecular formula is C73H132NO8P. The molecule has 0 rings (SSSR count). The first-order valence-electron chi connectivity index (χ1n) is 35.1. The Morgan fingerprint density at radius 3 is 0.988 bits per heavy atom. The van der Waals surface area contributed by atoms with Crippen molar-refractivity contribution in [3.8, 4) is 0 Å². The predicted octanol–water partition coefficient (Wildman–Crippen LogP) is 23.0. The van der Waals surface area contributed by atoms with Gasteiger partial charge in [-0.25, -0.2) is 4.57 Å². The number of hydrogen-bond donors (Lipinski definition) is 2. The van der Waals surface area contributed by atoms with Crippen molar-refractivity contribution < 1.29 is 37.6 Å². The lowest BCUT2D eigenvalue weighted by Crippen LogP contribution is -2.29. The number of carbonyl (C=O) groups is 2. The van der Waals surface area contributed by atoms with Gasteiger partial charge in [-0.05, 0) is 89.9 Å².